The Morgan fingerprint density at radius 3 is 1.92 bits per heavy atom. The van der Waals surface area contributed by atoms with Crippen LogP contribution in [0.5, 0.6) is 0 Å². The Morgan fingerprint density at radius 1 is 1.31 bits per heavy atom. The fourth-order valence-electron chi connectivity index (χ4n) is 1.24. The van der Waals surface area contributed by atoms with Gasteiger partial charge in [0.2, 0.25) is 0 Å². The highest BCUT2D eigenvalue weighted by Gasteiger charge is 2.21. The third kappa shape index (κ3) is 3.97. The summed E-state index contributed by atoms with van der Waals surface area (Å²) in [6.07, 6.45) is 0. The minimum atomic E-state index is 0.0550. The second kappa shape index (κ2) is 6.01. The fraction of sp³-hybridized carbons (Fsp3) is 0.667. The topological polar surface area (TPSA) is 20.3 Å². The minimum absolute atomic E-state index is 0.0550. The van der Waals surface area contributed by atoms with Crippen LogP contribution in [0.4, 0.5) is 0 Å². The zero-order valence-electron chi connectivity index (χ0n) is 8.34. The molecule has 0 aliphatic carbocycles. The van der Waals surface area contributed by atoms with Crippen LogP contribution in [-0.4, -0.2) is 22.9 Å². The molecule has 0 spiro atoms. The number of carbonyl (C=O) groups is 1. The van der Waals surface area contributed by atoms with Gasteiger partial charge in [0.05, 0.1) is 4.48 Å². The molecule has 0 aromatic carbocycles. The summed E-state index contributed by atoms with van der Waals surface area (Å²) in [6, 6.07) is 0.466. The van der Waals surface area contributed by atoms with Crippen LogP contribution in [0.1, 0.15) is 27.7 Å². The van der Waals surface area contributed by atoms with Gasteiger partial charge in [-0.3, -0.25) is 4.79 Å². The number of amides is 1. The van der Waals surface area contributed by atoms with Gasteiger partial charge in [-0.2, -0.15) is 0 Å². The normalized spacial score (nSPS) is 12.5. The lowest BCUT2D eigenvalue weighted by Crippen LogP contribution is -2.42. The molecule has 0 bridgehead atoms. The smallest absolute Gasteiger partial charge is 0.261 e. The van der Waals surface area contributed by atoms with Gasteiger partial charge in [0.15, 0.2) is 0 Å². The summed E-state index contributed by atoms with van der Waals surface area (Å²) in [5.74, 6) is 0.0550. The molecule has 0 fully saturated rings. The predicted molar refractivity (Wildman–Crippen MR) is 68.1 cm³/mol. The first-order valence-electron chi connectivity index (χ1n) is 4.20. The minimum Gasteiger partial charge on any atom is -0.333 e. The lowest BCUT2D eigenvalue weighted by molar-refractivity contribution is -0.129. The Balaban J connectivity index is 4.67. The Bertz CT molecular complexity index is 206. The molecule has 0 N–H and O–H groups in total. The zero-order chi connectivity index (χ0) is 10.6. The van der Waals surface area contributed by atoms with E-state index in [1.165, 1.54) is 0 Å². The van der Waals surface area contributed by atoms with Gasteiger partial charge in [0, 0.05) is 12.1 Å². The van der Waals surface area contributed by atoms with Gasteiger partial charge in [-0.05, 0) is 47.7 Å². The van der Waals surface area contributed by atoms with Crippen molar-refractivity contribution in [1.29, 1.82) is 0 Å². The van der Waals surface area contributed by atoms with Crippen molar-refractivity contribution in [2.75, 3.05) is 0 Å². The largest absolute Gasteiger partial charge is 0.333 e. The van der Waals surface area contributed by atoms with E-state index in [1.54, 1.807) is 4.08 Å². The molecule has 0 aliphatic heterocycles. The molecule has 0 atom stereocenters. The van der Waals surface area contributed by atoms with Gasteiger partial charge in [-0.15, -0.1) is 0 Å². The van der Waals surface area contributed by atoms with Gasteiger partial charge in [-0.25, -0.2) is 0 Å². The third-order valence-corrected chi connectivity index (χ3v) is 3.69. The van der Waals surface area contributed by atoms with Gasteiger partial charge in [0.25, 0.3) is 5.91 Å². The number of hydrogen-bond acceptors (Lipinski definition) is 1. The first-order valence-corrected chi connectivity index (χ1v) is 6.24. The molecule has 2 nitrogen and oxygen atoms in total. The fourth-order valence-corrected chi connectivity index (χ4v) is 1.71. The van der Waals surface area contributed by atoms with Crippen molar-refractivity contribution in [3.63, 3.8) is 0 Å². The van der Waals surface area contributed by atoms with E-state index >= 15 is 0 Å². The average Bonchev–Trinajstić information content (AvgIpc) is 2.01. The summed E-state index contributed by atoms with van der Waals surface area (Å²) >= 11 is 5.29. The molecule has 76 valence electrons. The maximum atomic E-state index is 11.8. The maximum absolute atomic E-state index is 11.8. The van der Waals surface area contributed by atoms with Gasteiger partial charge in [-0.1, -0.05) is 22.6 Å². The van der Waals surface area contributed by atoms with Crippen molar-refractivity contribution >= 4 is 44.4 Å². The number of rotatable bonds is 3. The number of halogens is 2. The van der Waals surface area contributed by atoms with Gasteiger partial charge in [0.1, 0.15) is 0 Å². The van der Waals surface area contributed by atoms with E-state index in [2.05, 4.69) is 38.5 Å². The zero-order valence-corrected chi connectivity index (χ0v) is 12.1. The summed E-state index contributed by atoms with van der Waals surface area (Å²) < 4.78 is 2.37. The van der Waals surface area contributed by atoms with E-state index in [0.717, 1.165) is 0 Å². The SMILES string of the molecule is CC(C)N(C(=O)/C(Br)=C\I)C(C)C. The van der Waals surface area contributed by atoms with Crippen LogP contribution >= 0.6 is 38.5 Å². The van der Waals surface area contributed by atoms with Crippen LogP contribution in [0.15, 0.2) is 8.57 Å². The van der Waals surface area contributed by atoms with Crippen LogP contribution < -0.4 is 0 Å². The van der Waals surface area contributed by atoms with E-state index in [1.807, 2.05) is 32.6 Å². The molecule has 1 amide bonds. The Labute approximate surface area is 102 Å². The van der Waals surface area contributed by atoms with E-state index in [-0.39, 0.29) is 18.0 Å². The standard InChI is InChI=1S/C9H15BrINO/c1-6(2)12(7(3)4)9(13)8(10)5-11/h5-7H,1-4H3/b8-5+. The molecular formula is C9H15BrINO. The van der Waals surface area contributed by atoms with E-state index in [4.69, 9.17) is 0 Å². The molecular weight excluding hydrogens is 345 g/mol. The van der Waals surface area contributed by atoms with Gasteiger partial charge < -0.3 is 4.90 Å². The first-order chi connectivity index (χ1) is 5.91. The van der Waals surface area contributed by atoms with Crippen molar-refractivity contribution in [2.24, 2.45) is 0 Å². The van der Waals surface area contributed by atoms with Crippen molar-refractivity contribution in [3.05, 3.63) is 8.57 Å². The average molecular weight is 360 g/mol. The predicted octanol–water partition coefficient (Wildman–Crippen LogP) is 3.30. The van der Waals surface area contributed by atoms with Crippen LogP contribution in [0.3, 0.4) is 0 Å². The summed E-state index contributed by atoms with van der Waals surface area (Å²) in [7, 11) is 0. The summed E-state index contributed by atoms with van der Waals surface area (Å²) in [5.41, 5.74) is 0. The second-order valence-electron chi connectivity index (χ2n) is 3.36. The number of hydrogen-bond donors (Lipinski definition) is 0. The molecule has 0 unspecified atom stereocenters. The van der Waals surface area contributed by atoms with Crippen LogP contribution in [0.2, 0.25) is 0 Å². The van der Waals surface area contributed by atoms with Crippen molar-refractivity contribution in [2.45, 2.75) is 39.8 Å². The highest BCUT2D eigenvalue weighted by molar-refractivity contribution is 14.1. The molecule has 0 aliphatic rings. The lowest BCUT2D eigenvalue weighted by atomic mass is 10.2. The number of carbonyl (C=O) groups excluding carboxylic acids is 1. The molecule has 0 heterocycles. The molecule has 0 aromatic heterocycles. The quantitative estimate of drug-likeness (QED) is 0.559. The third-order valence-electron chi connectivity index (χ3n) is 1.65. The first kappa shape index (κ1) is 13.4. The van der Waals surface area contributed by atoms with E-state index in [0.29, 0.717) is 4.48 Å². The maximum Gasteiger partial charge on any atom is 0.261 e. The monoisotopic (exact) mass is 359 g/mol. The molecule has 0 rings (SSSR count). The molecule has 0 radical (unpaired) electrons. The van der Waals surface area contributed by atoms with Crippen LogP contribution in [0, 0.1) is 0 Å². The van der Waals surface area contributed by atoms with Crippen molar-refractivity contribution < 1.29 is 4.79 Å². The molecule has 0 aromatic rings. The Kier molecular flexibility index (Phi) is 6.20. The molecule has 4 heteroatoms. The van der Waals surface area contributed by atoms with Crippen molar-refractivity contribution in [1.82, 2.24) is 4.90 Å². The number of nitrogens with zero attached hydrogens (tertiary/aromatic N) is 1. The van der Waals surface area contributed by atoms with Crippen LogP contribution in [-0.2, 0) is 4.79 Å². The highest BCUT2D eigenvalue weighted by Crippen LogP contribution is 2.16. The molecule has 0 saturated heterocycles. The Morgan fingerprint density at radius 2 is 1.69 bits per heavy atom. The van der Waals surface area contributed by atoms with E-state index in [9.17, 15) is 4.79 Å². The summed E-state index contributed by atoms with van der Waals surface area (Å²) in [4.78, 5) is 13.6. The highest BCUT2D eigenvalue weighted by atomic mass is 127. The summed E-state index contributed by atoms with van der Waals surface area (Å²) in [5, 5.41) is 0. The van der Waals surface area contributed by atoms with E-state index < -0.39 is 0 Å². The molecule has 0 saturated carbocycles. The Hall–Kier alpha value is 0.420. The summed E-state index contributed by atoms with van der Waals surface area (Å²) in [6.45, 7) is 8.08. The lowest BCUT2D eigenvalue weighted by Gasteiger charge is -2.30. The van der Waals surface area contributed by atoms with Crippen LogP contribution in [0.25, 0.3) is 0 Å². The van der Waals surface area contributed by atoms with Gasteiger partial charge >= 0.3 is 0 Å². The second-order valence-corrected chi connectivity index (χ2v) is 4.83. The molecule has 13 heavy (non-hydrogen) atoms. The van der Waals surface area contributed by atoms with Crippen molar-refractivity contribution in [3.8, 4) is 0 Å².